The average Bonchev–Trinajstić information content (AvgIpc) is 3.19. The molecule has 0 unspecified atom stereocenters. The van der Waals surface area contributed by atoms with Crippen molar-refractivity contribution >= 4 is 21.8 Å². The molecular formula is C22H17BrN4O. The van der Waals surface area contributed by atoms with Crippen molar-refractivity contribution in [1.82, 2.24) is 20.1 Å². The van der Waals surface area contributed by atoms with Gasteiger partial charge in [-0.1, -0.05) is 76.6 Å². The van der Waals surface area contributed by atoms with E-state index in [1.54, 1.807) is 4.68 Å². The smallest absolute Gasteiger partial charge is 0.291 e. The molecule has 0 saturated carbocycles. The van der Waals surface area contributed by atoms with Crippen LogP contribution in [0.5, 0.6) is 0 Å². The third-order valence-electron chi connectivity index (χ3n) is 4.21. The minimum Gasteiger partial charge on any atom is -0.345 e. The lowest BCUT2D eigenvalue weighted by atomic mass is 10.2. The summed E-state index contributed by atoms with van der Waals surface area (Å²) in [5.41, 5.74) is 2.74. The highest BCUT2D eigenvalue weighted by Gasteiger charge is 2.18. The van der Waals surface area contributed by atoms with E-state index in [0.29, 0.717) is 12.4 Å². The Hall–Kier alpha value is -3.25. The first kappa shape index (κ1) is 18.1. The molecule has 6 heteroatoms. The van der Waals surface area contributed by atoms with E-state index in [2.05, 4.69) is 31.3 Å². The standard InChI is InChI=1S/C22H17BrN4O/c23-18-11-13-19(14-12-18)27-21(17-9-5-2-6-10-17)25-20(26-27)22(28)24-15-16-7-3-1-4-8-16/h1-14H,15H2,(H,24,28). The lowest BCUT2D eigenvalue weighted by Gasteiger charge is -2.05. The molecule has 4 aromatic rings. The van der Waals surface area contributed by atoms with Crippen LogP contribution >= 0.6 is 15.9 Å². The Morgan fingerprint density at radius 3 is 2.21 bits per heavy atom. The molecule has 1 amide bonds. The number of benzene rings is 3. The van der Waals surface area contributed by atoms with Gasteiger partial charge in [0.25, 0.3) is 5.91 Å². The SMILES string of the molecule is O=C(NCc1ccccc1)c1nc(-c2ccccc2)n(-c2ccc(Br)cc2)n1. The molecule has 5 nitrogen and oxygen atoms in total. The molecule has 138 valence electrons. The van der Waals surface area contributed by atoms with Crippen LogP contribution in [0.25, 0.3) is 17.1 Å². The minimum atomic E-state index is -0.308. The summed E-state index contributed by atoms with van der Waals surface area (Å²) >= 11 is 3.44. The van der Waals surface area contributed by atoms with Gasteiger partial charge in [0.05, 0.1) is 5.69 Å². The number of nitrogens with zero attached hydrogens (tertiary/aromatic N) is 3. The Balaban J connectivity index is 1.66. The molecule has 1 heterocycles. The van der Waals surface area contributed by atoms with Crippen LogP contribution < -0.4 is 5.32 Å². The number of nitrogens with one attached hydrogen (secondary N) is 1. The summed E-state index contributed by atoms with van der Waals surface area (Å²) in [5.74, 6) is 0.447. The fourth-order valence-electron chi connectivity index (χ4n) is 2.80. The van der Waals surface area contributed by atoms with Gasteiger partial charge in [0.2, 0.25) is 5.82 Å². The van der Waals surface area contributed by atoms with E-state index in [-0.39, 0.29) is 11.7 Å². The molecule has 0 atom stereocenters. The van der Waals surface area contributed by atoms with Gasteiger partial charge in [0.1, 0.15) is 0 Å². The molecule has 4 rings (SSSR count). The minimum absolute atomic E-state index is 0.137. The number of carbonyl (C=O) groups is 1. The lowest BCUT2D eigenvalue weighted by molar-refractivity contribution is 0.0940. The highest BCUT2D eigenvalue weighted by atomic mass is 79.9. The maximum absolute atomic E-state index is 12.6. The van der Waals surface area contributed by atoms with Crippen molar-refractivity contribution in [2.75, 3.05) is 0 Å². The molecule has 0 aliphatic rings. The molecular weight excluding hydrogens is 416 g/mol. The van der Waals surface area contributed by atoms with Crippen molar-refractivity contribution in [2.24, 2.45) is 0 Å². The molecule has 0 radical (unpaired) electrons. The summed E-state index contributed by atoms with van der Waals surface area (Å²) < 4.78 is 2.66. The number of carbonyl (C=O) groups excluding carboxylic acids is 1. The normalized spacial score (nSPS) is 10.6. The van der Waals surface area contributed by atoms with Crippen molar-refractivity contribution in [3.63, 3.8) is 0 Å². The topological polar surface area (TPSA) is 59.8 Å². The Morgan fingerprint density at radius 1 is 0.893 bits per heavy atom. The van der Waals surface area contributed by atoms with Crippen molar-refractivity contribution in [1.29, 1.82) is 0 Å². The molecule has 28 heavy (non-hydrogen) atoms. The maximum Gasteiger partial charge on any atom is 0.291 e. The second-order valence-electron chi connectivity index (χ2n) is 6.18. The number of hydrogen-bond donors (Lipinski definition) is 1. The predicted molar refractivity (Wildman–Crippen MR) is 112 cm³/mol. The van der Waals surface area contributed by atoms with Gasteiger partial charge in [0, 0.05) is 16.6 Å². The van der Waals surface area contributed by atoms with Gasteiger partial charge in [-0.3, -0.25) is 4.79 Å². The summed E-state index contributed by atoms with van der Waals surface area (Å²) in [7, 11) is 0. The van der Waals surface area contributed by atoms with E-state index in [0.717, 1.165) is 21.3 Å². The van der Waals surface area contributed by atoms with Crippen LogP contribution in [0.4, 0.5) is 0 Å². The van der Waals surface area contributed by atoms with Crippen LogP contribution in [0.2, 0.25) is 0 Å². The molecule has 0 aliphatic heterocycles. The van der Waals surface area contributed by atoms with Crippen LogP contribution in [-0.4, -0.2) is 20.7 Å². The van der Waals surface area contributed by atoms with Crippen molar-refractivity contribution in [3.8, 4) is 17.1 Å². The monoisotopic (exact) mass is 432 g/mol. The molecule has 1 aromatic heterocycles. The Labute approximate surface area is 171 Å². The van der Waals surface area contributed by atoms with Gasteiger partial charge in [0.15, 0.2) is 5.82 Å². The molecule has 1 N–H and O–H groups in total. The highest BCUT2D eigenvalue weighted by Crippen LogP contribution is 2.22. The number of aromatic nitrogens is 3. The summed E-state index contributed by atoms with van der Waals surface area (Å²) in [5, 5.41) is 7.36. The molecule has 0 saturated heterocycles. The van der Waals surface area contributed by atoms with Gasteiger partial charge < -0.3 is 5.32 Å². The lowest BCUT2D eigenvalue weighted by Crippen LogP contribution is -2.24. The molecule has 0 aliphatic carbocycles. The molecule has 0 spiro atoms. The first-order valence-corrected chi connectivity index (χ1v) is 9.60. The van der Waals surface area contributed by atoms with Crippen LogP contribution in [0, 0.1) is 0 Å². The van der Waals surface area contributed by atoms with Gasteiger partial charge >= 0.3 is 0 Å². The largest absolute Gasteiger partial charge is 0.345 e. The van der Waals surface area contributed by atoms with Crippen LogP contribution in [0.15, 0.2) is 89.4 Å². The summed E-state index contributed by atoms with van der Waals surface area (Å²) in [4.78, 5) is 17.2. The Morgan fingerprint density at radius 2 is 1.54 bits per heavy atom. The molecule has 3 aromatic carbocycles. The summed E-state index contributed by atoms with van der Waals surface area (Å²) in [6.07, 6.45) is 0. The first-order chi connectivity index (χ1) is 13.7. The van der Waals surface area contributed by atoms with Gasteiger partial charge in [-0.2, -0.15) is 0 Å². The van der Waals surface area contributed by atoms with Crippen molar-refractivity contribution < 1.29 is 4.79 Å². The van der Waals surface area contributed by atoms with Crippen molar-refractivity contribution in [2.45, 2.75) is 6.54 Å². The maximum atomic E-state index is 12.6. The van der Waals surface area contributed by atoms with E-state index in [4.69, 9.17) is 0 Å². The predicted octanol–water partition coefficient (Wildman–Crippen LogP) is 4.63. The third kappa shape index (κ3) is 4.02. The van der Waals surface area contributed by atoms with E-state index in [1.807, 2.05) is 84.9 Å². The zero-order chi connectivity index (χ0) is 19.3. The first-order valence-electron chi connectivity index (χ1n) is 8.81. The highest BCUT2D eigenvalue weighted by molar-refractivity contribution is 9.10. The van der Waals surface area contributed by atoms with E-state index < -0.39 is 0 Å². The number of halogens is 1. The fraction of sp³-hybridized carbons (Fsp3) is 0.0455. The molecule has 0 fully saturated rings. The Bertz CT molecular complexity index is 1080. The van der Waals surface area contributed by atoms with E-state index in [1.165, 1.54) is 0 Å². The van der Waals surface area contributed by atoms with E-state index in [9.17, 15) is 4.79 Å². The van der Waals surface area contributed by atoms with E-state index >= 15 is 0 Å². The zero-order valence-corrected chi connectivity index (χ0v) is 16.5. The zero-order valence-electron chi connectivity index (χ0n) is 14.9. The number of amides is 1. The van der Waals surface area contributed by atoms with Crippen LogP contribution in [-0.2, 0) is 6.54 Å². The second-order valence-corrected chi connectivity index (χ2v) is 7.10. The van der Waals surface area contributed by atoms with Crippen LogP contribution in [0.3, 0.4) is 0 Å². The summed E-state index contributed by atoms with van der Waals surface area (Å²) in [6, 6.07) is 27.2. The Kier molecular flexibility index (Phi) is 5.30. The number of hydrogen-bond acceptors (Lipinski definition) is 3. The quantitative estimate of drug-likeness (QED) is 0.500. The van der Waals surface area contributed by atoms with Gasteiger partial charge in [-0.15, -0.1) is 5.10 Å². The fourth-order valence-corrected chi connectivity index (χ4v) is 3.07. The summed E-state index contributed by atoms with van der Waals surface area (Å²) in [6.45, 7) is 0.424. The second kappa shape index (κ2) is 8.19. The van der Waals surface area contributed by atoms with Crippen molar-refractivity contribution in [3.05, 3.63) is 101 Å². The molecule has 0 bridgehead atoms. The van der Waals surface area contributed by atoms with Gasteiger partial charge in [-0.05, 0) is 29.8 Å². The van der Waals surface area contributed by atoms with Gasteiger partial charge in [-0.25, -0.2) is 9.67 Å². The number of rotatable bonds is 5. The van der Waals surface area contributed by atoms with Crippen LogP contribution in [0.1, 0.15) is 16.2 Å². The average molecular weight is 433 g/mol. The third-order valence-corrected chi connectivity index (χ3v) is 4.74.